The summed E-state index contributed by atoms with van der Waals surface area (Å²) < 4.78 is 4.97. The third-order valence-corrected chi connectivity index (χ3v) is 2.24. The van der Waals surface area contributed by atoms with E-state index in [0.717, 1.165) is 31.0 Å². The number of nitrogens with one attached hydrogen (secondary N) is 1. The first-order chi connectivity index (χ1) is 7.33. The average molecular weight is 208 g/mol. The van der Waals surface area contributed by atoms with Crippen LogP contribution in [0.25, 0.3) is 0 Å². The van der Waals surface area contributed by atoms with Gasteiger partial charge in [-0.05, 0) is 32.7 Å². The van der Waals surface area contributed by atoms with Crippen molar-refractivity contribution in [2.75, 3.05) is 6.54 Å². The predicted molar refractivity (Wildman–Crippen MR) is 61.6 cm³/mol. The molecule has 1 heterocycles. The molecule has 0 fully saturated rings. The lowest BCUT2D eigenvalue weighted by atomic mass is 10.2. The number of allylic oxidation sites excluding steroid dienone is 1. The van der Waals surface area contributed by atoms with Crippen molar-refractivity contribution < 1.29 is 4.52 Å². The summed E-state index contributed by atoms with van der Waals surface area (Å²) in [6.07, 6.45) is 6.82. The minimum absolute atomic E-state index is 0.804. The van der Waals surface area contributed by atoms with Crippen LogP contribution in [0.5, 0.6) is 0 Å². The van der Waals surface area contributed by atoms with Crippen LogP contribution in [0.1, 0.15) is 37.1 Å². The van der Waals surface area contributed by atoms with Crippen LogP contribution in [-0.2, 0) is 6.54 Å². The lowest BCUT2D eigenvalue weighted by Crippen LogP contribution is -2.14. The van der Waals surface area contributed by atoms with Gasteiger partial charge in [0.15, 0.2) is 0 Å². The van der Waals surface area contributed by atoms with E-state index >= 15 is 0 Å². The molecule has 0 spiro atoms. The molecule has 0 saturated heterocycles. The smallest absolute Gasteiger partial charge is 0.133 e. The highest BCUT2D eigenvalue weighted by Crippen LogP contribution is 2.01. The van der Waals surface area contributed by atoms with E-state index in [9.17, 15) is 0 Å². The maximum Gasteiger partial charge on any atom is 0.133 e. The van der Waals surface area contributed by atoms with Crippen LogP contribution in [-0.4, -0.2) is 11.7 Å². The third-order valence-electron chi connectivity index (χ3n) is 2.24. The van der Waals surface area contributed by atoms with Crippen LogP contribution in [0.4, 0.5) is 0 Å². The number of rotatable bonds is 8. The molecule has 0 aliphatic carbocycles. The van der Waals surface area contributed by atoms with Crippen molar-refractivity contribution in [1.82, 2.24) is 10.5 Å². The SMILES string of the molecule is C=CCCCCCNCc1cc(C)on1. The number of unbranched alkanes of at least 4 members (excludes halogenated alkanes) is 3. The van der Waals surface area contributed by atoms with Crippen molar-refractivity contribution in [2.24, 2.45) is 0 Å². The van der Waals surface area contributed by atoms with Gasteiger partial charge in [0.25, 0.3) is 0 Å². The summed E-state index contributed by atoms with van der Waals surface area (Å²) in [5.74, 6) is 0.873. The lowest BCUT2D eigenvalue weighted by Gasteiger charge is -2.01. The Morgan fingerprint density at radius 2 is 2.33 bits per heavy atom. The largest absolute Gasteiger partial charge is 0.361 e. The molecule has 0 radical (unpaired) electrons. The standard InChI is InChI=1S/C12H20N2O/c1-3-4-5-6-7-8-13-10-12-9-11(2)15-14-12/h3,9,13H,1,4-8,10H2,2H3. The molecule has 0 unspecified atom stereocenters. The minimum atomic E-state index is 0.804. The second-order valence-corrected chi connectivity index (χ2v) is 3.74. The molecule has 1 rings (SSSR count). The fourth-order valence-corrected chi connectivity index (χ4v) is 1.43. The maximum absolute atomic E-state index is 4.97. The predicted octanol–water partition coefficient (Wildman–Crippen LogP) is 2.82. The Kier molecular flexibility index (Phi) is 5.78. The van der Waals surface area contributed by atoms with Crippen LogP contribution < -0.4 is 5.32 Å². The molecule has 0 amide bonds. The molecule has 1 aromatic heterocycles. The molecular formula is C12H20N2O. The number of hydrogen-bond acceptors (Lipinski definition) is 3. The first-order valence-corrected chi connectivity index (χ1v) is 5.56. The van der Waals surface area contributed by atoms with Crippen molar-refractivity contribution in [2.45, 2.75) is 39.2 Å². The fourth-order valence-electron chi connectivity index (χ4n) is 1.43. The monoisotopic (exact) mass is 208 g/mol. The van der Waals surface area contributed by atoms with Gasteiger partial charge in [0.05, 0.1) is 5.69 Å². The van der Waals surface area contributed by atoms with Crippen LogP contribution in [0.2, 0.25) is 0 Å². The van der Waals surface area contributed by atoms with Crippen LogP contribution >= 0.6 is 0 Å². The zero-order chi connectivity index (χ0) is 10.9. The second-order valence-electron chi connectivity index (χ2n) is 3.74. The van der Waals surface area contributed by atoms with Gasteiger partial charge in [-0.2, -0.15) is 0 Å². The first kappa shape index (κ1) is 12.0. The van der Waals surface area contributed by atoms with E-state index in [0.29, 0.717) is 0 Å². The van der Waals surface area contributed by atoms with Crippen molar-refractivity contribution >= 4 is 0 Å². The van der Waals surface area contributed by atoms with E-state index < -0.39 is 0 Å². The lowest BCUT2D eigenvalue weighted by molar-refractivity contribution is 0.388. The van der Waals surface area contributed by atoms with E-state index in [2.05, 4.69) is 17.1 Å². The Labute approximate surface area is 91.5 Å². The van der Waals surface area contributed by atoms with Gasteiger partial charge in [0.1, 0.15) is 5.76 Å². The number of nitrogens with zero attached hydrogens (tertiary/aromatic N) is 1. The number of hydrogen-bond donors (Lipinski definition) is 1. The van der Waals surface area contributed by atoms with Crippen molar-refractivity contribution in [3.05, 3.63) is 30.2 Å². The van der Waals surface area contributed by atoms with Gasteiger partial charge in [-0.1, -0.05) is 17.7 Å². The highest BCUT2D eigenvalue weighted by Gasteiger charge is 1.98. The molecule has 0 atom stereocenters. The number of aryl methyl sites for hydroxylation is 1. The zero-order valence-electron chi connectivity index (χ0n) is 9.46. The Hall–Kier alpha value is -1.09. The Balaban J connectivity index is 1.95. The van der Waals surface area contributed by atoms with Crippen LogP contribution in [0, 0.1) is 6.92 Å². The van der Waals surface area contributed by atoms with Gasteiger partial charge in [-0.25, -0.2) is 0 Å². The zero-order valence-corrected chi connectivity index (χ0v) is 9.46. The molecule has 3 nitrogen and oxygen atoms in total. The molecule has 3 heteroatoms. The first-order valence-electron chi connectivity index (χ1n) is 5.56. The molecule has 1 N–H and O–H groups in total. The van der Waals surface area contributed by atoms with Gasteiger partial charge in [0, 0.05) is 12.6 Å². The third kappa shape index (κ3) is 5.37. The maximum atomic E-state index is 4.97. The molecule has 0 bridgehead atoms. The Bertz CT molecular complexity index is 281. The summed E-state index contributed by atoms with van der Waals surface area (Å²) in [5, 5.41) is 7.26. The molecule has 0 aromatic carbocycles. The van der Waals surface area contributed by atoms with E-state index in [1.165, 1.54) is 19.3 Å². The highest BCUT2D eigenvalue weighted by atomic mass is 16.5. The van der Waals surface area contributed by atoms with E-state index in [1.807, 2.05) is 19.1 Å². The summed E-state index contributed by atoms with van der Waals surface area (Å²) in [6, 6.07) is 1.96. The van der Waals surface area contributed by atoms with Crippen molar-refractivity contribution in [3.63, 3.8) is 0 Å². The highest BCUT2D eigenvalue weighted by molar-refractivity contribution is 5.02. The second kappa shape index (κ2) is 7.23. The summed E-state index contributed by atoms with van der Waals surface area (Å²) in [6.45, 7) is 7.46. The van der Waals surface area contributed by atoms with Crippen LogP contribution in [0.15, 0.2) is 23.2 Å². The van der Waals surface area contributed by atoms with Crippen molar-refractivity contribution in [3.8, 4) is 0 Å². The molecule has 84 valence electrons. The van der Waals surface area contributed by atoms with Gasteiger partial charge < -0.3 is 9.84 Å². The average Bonchev–Trinajstić information content (AvgIpc) is 2.63. The summed E-state index contributed by atoms with van der Waals surface area (Å²) in [4.78, 5) is 0. The van der Waals surface area contributed by atoms with E-state index in [4.69, 9.17) is 4.52 Å². The van der Waals surface area contributed by atoms with E-state index in [-0.39, 0.29) is 0 Å². The topological polar surface area (TPSA) is 38.1 Å². The molecule has 0 saturated carbocycles. The molecule has 0 aliphatic heterocycles. The van der Waals surface area contributed by atoms with Gasteiger partial charge in [0.2, 0.25) is 0 Å². The molecule has 1 aromatic rings. The fraction of sp³-hybridized carbons (Fsp3) is 0.583. The van der Waals surface area contributed by atoms with Crippen molar-refractivity contribution in [1.29, 1.82) is 0 Å². The normalized spacial score (nSPS) is 10.5. The van der Waals surface area contributed by atoms with Gasteiger partial charge in [-0.3, -0.25) is 0 Å². The number of aromatic nitrogens is 1. The Morgan fingerprint density at radius 3 is 3.00 bits per heavy atom. The Morgan fingerprint density at radius 1 is 1.47 bits per heavy atom. The van der Waals surface area contributed by atoms with Gasteiger partial charge in [-0.15, -0.1) is 6.58 Å². The summed E-state index contributed by atoms with van der Waals surface area (Å²) >= 11 is 0. The minimum Gasteiger partial charge on any atom is -0.361 e. The molecular weight excluding hydrogens is 188 g/mol. The summed E-state index contributed by atoms with van der Waals surface area (Å²) in [5.41, 5.74) is 0.985. The molecule has 15 heavy (non-hydrogen) atoms. The quantitative estimate of drug-likeness (QED) is 0.527. The molecule has 0 aliphatic rings. The summed E-state index contributed by atoms with van der Waals surface area (Å²) in [7, 11) is 0. The van der Waals surface area contributed by atoms with Crippen LogP contribution in [0.3, 0.4) is 0 Å². The van der Waals surface area contributed by atoms with Gasteiger partial charge >= 0.3 is 0 Å². The van der Waals surface area contributed by atoms with E-state index in [1.54, 1.807) is 0 Å².